The summed E-state index contributed by atoms with van der Waals surface area (Å²) in [5.41, 5.74) is 0.910. The van der Waals surface area contributed by atoms with Gasteiger partial charge in [-0.05, 0) is 27.2 Å². The van der Waals surface area contributed by atoms with E-state index in [2.05, 4.69) is 32.3 Å². The average molecular weight is 227 g/mol. The van der Waals surface area contributed by atoms with Crippen LogP contribution in [-0.4, -0.2) is 36.6 Å². The van der Waals surface area contributed by atoms with E-state index in [-0.39, 0.29) is 12.0 Å². The first kappa shape index (κ1) is 13.7. The minimum Gasteiger partial charge on any atom is -0.359 e. The fourth-order valence-electron chi connectivity index (χ4n) is 2.28. The lowest BCUT2D eigenvalue weighted by Crippen LogP contribution is -2.48. The molecule has 0 amide bonds. The summed E-state index contributed by atoms with van der Waals surface area (Å²) < 4.78 is 11.6. The summed E-state index contributed by atoms with van der Waals surface area (Å²) in [7, 11) is 0. The van der Waals surface area contributed by atoms with Crippen LogP contribution < -0.4 is 0 Å². The van der Waals surface area contributed by atoms with Crippen molar-refractivity contribution < 1.29 is 9.47 Å². The molecular formula is C13H25NO2. The third kappa shape index (κ3) is 3.30. The number of hydrogen-bond donors (Lipinski definition) is 0. The number of nitrogens with zero attached hydrogens (tertiary/aromatic N) is 1. The molecule has 1 heterocycles. The molecule has 0 aliphatic carbocycles. The Morgan fingerprint density at radius 1 is 1.62 bits per heavy atom. The second-order valence-electron chi connectivity index (χ2n) is 4.83. The Kier molecular flexibility index (Phi) is 4.96. The Morgan fingerprint density at radius 3 is 2.88 bits per heavy atom. The van der Waals surface area contributed by atoms with Crippen LogP contribution in [0.5, 0.6) is 0 Å². The lowest BCUT2D eigenvalue weighted by atomic mass is 10.1. The van der Waals surface area contributed by atoms with Crippen molar-refractivity contribution in [2.45, 2.75) is 52.5 Å². The van der Waals surface area contributed by atoms with Gasteiger partial charge in [-0.1, -0.05) is 25.5 Å². The molecule has 0 N–H and O–H groups in total. The molecule has 94 valence electrons. The first-order chi connectivity index (χ1) is 7.49. The van der Waals surface area contributed by atoms with Crippen LogP contribution in [0.4, 0.5) is 0 Å². The molecule has 0 spiro atoms. The van der Waals surface area contributed by atoms with E-state index in [0.717, 1.165) is 31.6 Å². The first-order valence-corrected chi connectivity index (χ1v) is 6.16. The molecule has 0 aromatic heterocycles. The van der Waals surface area contributed by atoms with Gasteiger partial charge >= 0.3 is 0 Å². The van der Waals surface area contributed by atoms with Crippen molar-refractivity contribution in [3.8, 4) is 0 Å². The van der Waals surface area contributed by atoms with Crippen molar-refractivity contribution in [3.05, 3.63) is 12.2 Å². The van der Waals surface area contributed by atoms with Crippen molar-refractivity contribution in [2.75, 3.05) is 19.8 Å². The van der Waals surface area contributed by atoms with E-state index in [4.69, 9.17) is 9.47 Å². The van der Waals surface area contributed by atoms with Crippen LogP contribution in [0.1, 0.15) is 40.5 Å². The van der Waals surface area contributed by atoms with Crippen molar-refractivity contribution in [1.29, 1.82) is 0 Å². The van der Waals surface area contributed by atoms with Crippen molar-refractivity contribution in [3.63, 3.8) is 0 Å². The number of rotatable bonds is 6. The third-order valence-electron chi connectivity index (χ3n) is 3.08. The van der Waals surface area contributed by atoms with E-state index in [1.54, 1.807) is 0 Å². The lowest BCUT2D eigenvalue weighted by Gasteiger charge is -2.37. The van der Waals surface area contributed by atoms with Crippen LogP contribution in [-0.2, 0) is 9.47 Å². The zero-order chi connectivity index (χ0) is 12.2. The molecule has 2 unspecified atom stereocenters. The monoisotopic (exact) mass is 227 g/mol. The average Bonchev–Trinajstić information content (AvgIpc) is 2.57. The SMILES string of the molecule is C=C(C)COC(C)N1CCOC1(C)CCC. The second kappa shape index (κ2) is 5.80. The normalized spacial score (nSPS) is 28.2. The molecule has 0 bridgehead atoms. The maximum atomic E-state index is 5.84. The van der Waals surface area contributed by atoms with Gasteiger partial charge in [-0.25, -0.2) is 4.90 Å². The predicted molar refractivity (Wildman–Crippen MR) is 66.2 cm³/mol. The van der Waals surface area contributed by atoms with E-state index >= 15 is 0 Å². The Bertz CT molecular complexity index is 242. The molecule has 16 heavy (non-hydrogen) atoms. The molecule has 0 saturated carbocycles. The van der Waals surface area contributed by atoms with Crippen LogP contribution >= 0.6 is 0 Å². The molecule has 1 aliphatic heterocycles. The Morgan fingerprint density at radius 2 is 2.31 bits per heavy atom. The minimum atomic E-state index is -0.150. The molecule has 1 aliphatic rings. The molecule has 3 nitrogen and oxygen atoms in total. The highest BCUT2D eigenvalue weighted by atomic mass is 16.6. The van der Waals surface area contributed by atoms with E-state index in [1.165, 1.54) is 0 Å². The smallest absolute Gasteiger partial charge is 0.120 e. The molecule has 0 aromatic carbocycles. The highest BCUT2D eigenvalue weighted by Gasteiger charge is 2.39. The van der Waals surface area contributed by atoms with E-state index in [0.29, 0.717) is 6.61 Å². The summed E-state index contributed by atoms with van der Waals surface area (Å²) in [5, 5.41) is 0. The van der Waals surface area contributed by atoms with Gasteiger partial charge in [0.05, 0.1) is 13.2 Å². The summed E-state index contributed by atoms with van der Waals surface area (Å²) in [6.07, 6.45) is 2.27. The van der Waals surface area contributed by atoms with Crippen LogP contribution in [0, 0.1) is 0 Å². The fraction of sp³-hybridized carbons (Fsp3) is 0.846. The zero-order valence-corrected chi connectivity index (χ0v) is 11.1. The quantitative estimate of drug-likeness (QED) is 0.651. The van der Waals surface area contributed by atoms with Gasteiger partial charge in [-0.15, -0.1) is 0 Å². The lowest BCUT2D eigenvalue weighted by molar-refractivity contribution is -0.147. The van der Waals surface area contributed by atoms with Crippen molar-refractivity contribution in [1.82, 2.24) is 4.90 Å². The molecule has 1 saturated heterocycles. The zero-order valence-electron chi connectivity index (χ0n) is 11.1. The molecule has 1 rings (SSSR count). The maximum absolute atomic E-state index is 5.84. The van der Waals surface area contributed by atoms with Gasteiger partial charge in [0.25, 0.3) is 0 Å². The molecular weight excluding hydrogens is 202 g/mol. The Balaban J connectivity index is 2.53. The predicted octanol–water partition coefficient (Wildman–Crippen LogP) is 2.77. The largest absolute Gasteiger partial charge is 0.359 e. The van der Waals surface area contributed by atoms with Crippen LogP contribution in [0.15, 0.2) is 12.2 Å². The van der Waals surface area contributed by atoms with Crippen LogP contribution in [0.3, 0.4) is 0 Å². The summed E-state index contributed by atoms with van der Waals surface area (Å²) in [6.45, 7) is 14.6. The Hall–Kier alpha value is -0.380. The van der Waals surface area contributed by atoms with Gasteiger partial charge in [0.15, 0.2) is 0 Å². The summed E-state index contributed by atoms with van der Waals surface area (Å²) >= 11 is 0. The van der Waals surface area contributed by atoms with Gasteiger partial charge in [-0.3, -0.25) is 0 Å². The van der Waals surface area contributed by atoms with Gasteiger partial charge in [0.1, 0.15) is 12.0 Å². The van der Waals surface area contributed by atoms with Crippen LogP contribution in [0.2, 0.25) is 0 Å². The summed E-state index contributed by atoms with van der Waals surface area (Å²) in [6, 6.07) is 0. The fourth-order valence-corrected chi connectivity index (χ4v) is 2.28. The van der Waals surface area contributed by atoms with Crippen molar-refractivity contribution >= 4 is 0 Å². The van der Waals surface area contributed by atoms with Crippen molar-refractivity contribution in [2.24, 2.45) is 0 Å². The standard InChI is InChI=1S/C13H25NO2/c1-6-7-13(5)14(8-9-16-13)12(4)15-10-11(2)3/h12H,2,6-10H2,1,3-5H3. The van der Waals surface area contributed by atoms with Crippen LogP contribution in [0.25, 0.3) is 0 Å². The minimum absolute atomic E-state index is 0.0933. The topological polar surface area (TPSA) is 21.7 Å². The van der Waals surface area contributed by atoms with Gasteiger partial charge in [0, 0.05) is 6.54 Å². The molecule has 0 radical (unpaired) electrons. The van der Waals surface area contributed by atoms with Gasteiger partial charge in [0.2, 0.25) is 0 Å². The summed E-state index contributed by atoms with van der Waals surface area (Å²) in [5.74, 6) is 0. The molecule has 0 aromatic rings. The van der Waals surface area contributed by atoms with E-state index in [9.17, 15) is 0 Å². The Labute approximate surface area is 99.4 Å². The second-order valence-corrected chi connectivity index (χ2v) is 4.83. The van der Waals surface area contributed by atoms with Gasteiger partial charge < -0.3 is 9.47 Å². The first-order valence-electron chi connectivity index (χ1n) is 6.16. The molecule has 2 atom stereocenters. The van der Waals surface area contributed by atoms with E-state index < -0.39 is 0 Å². The molecule has 3 heteroatoms. The van der Waals surface area contributed by atoms with E-state index in [1.807, 2.05) is 6.92 Å². The third-order valence-corrected chi connectivity index (χ3v) is 3.08. The molecule has 1 fully saturated rings. The highest BCUT2D eigenvalue weighted by Crippen LogP contribution is 2.30. The number of hydrogen-bond acceptors (Lipinski definition) is 3. The summed E-state index contributed by atoms with van der Waals surface area (Å²) in [4.78, 5) is 2.31. The van der Waals surface area contributed by atoms with Gasteiger partial charge in [-0.2, -0.15) is 0 Å². The maximum Gasteiger partial charge on any atom is 0.120 e. The highest BCUT2D eigenvalue weighted by molar-refractivity contribution is 4.89. The number of ether oxygens (including phenoxy) is 2.